The lowest BCUT2D eigenvalue weighted by molar-refractivity contribution is 0.104. The summed E-state index contributed by atoms with van der Waals surface area (Å²) in [7, 11) is 1.99. The van der Waals surface area contributed by atoms with Crippen LogP contribution >= 0.6 is 0 Å². The summed E-state index contributed by atoms with van der Waals surface area (Å²) in [5.74, 6) is 2.63. The van der Waals surface area contributed by atoms with Crippen LogP contribution in [0.3, 0.4) is 0 Å². The molecule has 4 aromatic carbocycles. The Bertz CT molecular complexity index is 2380. The first-order valence-electron chi connectivity index (χ1n) is 17.8. The first-order valence-corrected chi connectivity index (χ1v) is 17.8. The van der Waals surface area contributed by atoms with E-state index in [1.165, 1.54) is 28.0 Å². The number of hydrogen-bond acceptors (Lipinski definition) is 4. The molecule has 0 saturated carbocycles. The molecule has 7 aromatic rings. The van der Waals surface area contributed by atoms with Gasteiger partial charge in [0, 0.05) is 37.7 Å². The standard InChI is InChI=1S/C42H42N6O/c1-28-33(41(49)48-38-19-11-10-18-37(38)45(2)42(48)43-28)22-24-46-23-20-31(27-32(46)26-29-12-4-3-5-13-29)39-34-15-7-6-14-30(34)21-25-47-36-17-9-8-16-35(36)44-40(39)47/h3-19,31-32,39H,20-27H2,1-2H3. The van der Waals surface area contributed by atoms with Gasteiger partial charge in [-0.25, -0.2) is 14.4 Å². The zero-order chi connectivity index (χ0) is 33.1. The molecule has 0 radical (unpaired) electrons. The fraction of sp³-hybridized carbons (Fsp3) is 0.310. The number of piperidine rings is 1. The number of rotatable bonds is 6. The van der Waals surface area contributed by atoms with E-state index in [4.69, 9.17) is 9.97 Å². The molecular weight excluding hydrogens is 605 g/mol. The molecule has 0 spiro atoms. The number of fused-ring (bicyclic) bond motifs is 7. The molecule has 3 atom stereocenters. The lowest BCUT2D eigenvalue weighted by Crippen LogP contribution is -2.46. The molecule has 3 aromatic heterocycles. The topological polar surface area (TPSA) is 60.4 Å². The van der Waals surface area contributed by atoms with Crippen molar-refractivity contribution in [3.05, 3.63) is 147 Å². The molecule has 0 bridgehead atoms. The summed E-state index contributed by atoms with van der Waals surface area (Å²) >= 11 is 0. The third-order valence-electron chi connectivity index (χ3n) is 11.4. The highest BCUT2D eigenvalue weighted by atomic mass is 16.1. The molecule has 1 saturated heterocycles. The van der Waals surface area contributed by atoms with Gasteiger partial charge < -0.3 is 9.13 Å². The number of nitrogens with zero attached hydrogens (tertiary/aromatic N) is 6. The second-order valence-electron chi connectivity index (χ2n) is 14.1. The minimum absolute atomic E-state index is 0.0581. The second kappa shape index (κ2) is 12.1. The number of aromatic nitrogens is 5. The average molecular weight is 647 g/mol. The van der Waals surface area contributed by atoms with E-state index in [1.54, 1.807) is 4.40 Å². The maximum absolute atomic E-state index is 14.1. The summed E-state index contributed by atoms with van der Waals surface area (Å²) < 4.78 is 6.33. The molecule has 0 amide bonds. The normalized spacial score (nSPS) is 19.7. The SMILES string of the molecule is Cc1nc2n(C)c3ccccc3n2c(=O)c1CCN1CCC(C2c3ccccc3CCn3c2nc2ccccc23)CC1Cc1ccccc1. The molecule has 1 fully saturated rings. The number of imidazole rings is 2. The largest absolute Gasteiger partial charge is 0.327 e. The van der Waals surface area contributed by atoms with E-state index in [0.29, 0.717) is 24.2 Å². The van der Waals surface area contributed by atoms with Gasteiger partial charge in [-0.05, 0) is 92.4 Å². The lowest BCUT2D eigenvalue weighted by Gasteiger charge is -2.42. The third kappa shape index (κ3) is 5.10. The van der Waals surface area contributed by atoms with Crippen LogP contribution in [0.2, 0.25) is 0 Å². The lowest BCUT2D eigenvalue weighted by atomic mass is 9.75. The molecule has 0 aliphatic carbocycles. The van der Waals surface area contributed by atoms with Crippen molar-refractivity contribution in [3.8, 4) is 0 Å². The van der Waals surface area contributed by atoms with Gasteiger partial charge in [0.05, 0.1) is 27.8 Å². The molecule has 7 nitrogen and oxygen atoms in total. The molecule has 3 unspecified atom stereocenters. The Morgan fingerprint density at radius 1 is 0.796 bits per heavy atom. The van der Waals surface area contributed by atoms with Crippen LogP contribution in [-0.2, 0) is 32.9 Å². The van der Waals surface area contributed by atoms with Crippen LogP contribution < -0.4 is 5.56 Å². The Morgan fingerprint density at radius 2 is 1.53 bits per heavy atom. The van der Waals surface area contributed by atoms with E-state index in [0.717, 1.165) is 73.1 Å². The van der Waals surface area contributed by atoms with E-state index >= 15 is 0 Å². The van der Waals surface area contributed by atoms with Gasteiger partial charge in [0.15, 0.2) is 0 Å². The van der Waals surface area contributed by atoms with Gasteiger partial charge in [-0.15, -0.1) is 0 Å². The fourth-order valence-electron chi connectivity index (χ4n) is 8.97. The van der Waals surface area contributed by atoms with E-state index in [9.17, 15) is 4.79 Å². The zero-order valence-electron chi connectivity index (χ0n) is 28.3. The van der Waals surface area contributed by atoms with Crippen molar-refractivity contribution in [3.63, 3.8) is 0 Å². The zero-order valence-corrected chi connectivity index (χ0v) is 28.3. The predicted molar refractivity (Wildman–Crippen MR) is 196 cm³/mol. The average Bonchev–Trinajstić information content (AvgIpc) is 3.57. The Morgan fingerprint density at radius 3 is 2.39 bits per heavy atom. The van der Waals surface area contributed by atoms with Crippen LogP contribution in [0.15, 0.2) is 108 Å². The first kappa shape index (κ1) is 30.1. The summed E-state index contributed by atoms with van der Waals surface area (Å²) in [6.07, 6.45) is 4.86. The highest BCUT2D eigenvalue weighted by molar-refractivity contribution is 5.80. The van der Waals surface area contributed by atoms with Crippen LogP contribution in [0.5, 0.6) is 0 Å². The van der Waals surface area contributed by atoms with Crippen LogP contribution in [0.25, 0.3) is 27.8 Å². The molecule has 0 N–H and O–H groups in total. The maximum Gasteiger partial charge on any atom is 0.263 e. The highest BCUT2D eigenvalue weighted by Gasteiger charge is 2.38. The highest BCUT2D eigenvalue weighted by Crippen LogP contribution is 2.43. The smallest absolute Gasteiger partial charge is 0.263 e. The number of aryl methyl sites for hydroxylation is 4. The van der Waals surface area contributed by atoms with Crippen LogP contribution in [0.4, 0.5) is 0 Å². The summed E-state index contributed by atoms with van der Waals surface area (Å²) in [5.41, 5.74) is 10.2. The molecular formula is C42H42N6O. The van der Waals surface area contributed by atoms with E-state index in [2.05, 4.69) is 94.4 Å². The van der Waals surface area contributed by atoms with Crippen LogP contribution in [0.1, 0.15) is 52.5 Å². The van der Waals surface area contributed by atoms with Crippen molar-refractivity contribution in [2.45, 2.75) is 57.5 Å². The van der Waals surface area contributed by atoms with Crippen molar-refractivity contribution >= 4 is 27.8 Å². The number of benzene rings is 4. The van der Waals surface area contributed by atoms with Gasteiger partial charge in [-0.3, -0.25) is 9.69 Å². The summed E-state index contributed by atoms with van der Waals surface area (Å²) in [5, 5.41) is 0. The van der Waals surface area contributed by atoms with Gasteiger partial charge in [0.1, 0.15) is 5.82 Å². The summed E-state index contributed by atoms with van der Waals surface area (Å²) in [4.78, 5) is 27.1. The minimum Gasteiger partial charge on any atom is -0.327 e. The molecule has 9 rings (SSSR count). The molecule has 7 heteroatoms. The van der Waals surface area contributed by atoms with Crippen molar-refractivity contribution < 1.29 is 0 Å². The predicted octanol–water partition coefficient (Wildman–Crippen LogP) is 7.10. The van der Waals surface area contributed by atoms with E-state index < -0.39 is 0 Å². The van der Waals surface area contributed by atoms with Crippen LogP contribution in [-0.4, -0.2) is 47.5 Å². The van der Waals surface area contributed by atoms with E-state index in [1.807, 2.05) is 36.7 Å². The molecule has 49 heavy (non-hydrogen) atoms. The van der Waals surface area contributed by atoms with Gasteiger partial charge in [-0.1, -0.05) is 78.9 Å². The second-order valence-corrected chi connectivity index (χ2v) is 14.1. The van der Waals surface area contributed by atoms with Crippen molar-refractivity contribution in [2.75, 3.05) is 13.1 Å². The Balaban J connectivity index is 1.06. The van der Waals surface area contributed by atoms with Crippen molar-refractivity contribution in [2.24, 2.45) is 13.0 Å². The van der Waals surface area contributed by atoms with Gasteiger partial charge in [-0.2, -0.15) is 0 Å². The fourth-order valence-corrected chi connectivity index (χ4v) is 8.97. The monoisotopic (exact) mass is 646 g/mol. The van der Waals surface area contributed by atoms with Gasteiger partial charge >= 0.3 is 0 Å². The third-order valence-corrected chi connectivity index (χ3v) is 11.4. The number of likely N-dealkylation sites (tertiary alicyclic amines) is 1. The number of para-hydroxylation sites is 4. The Kier molecular flexibility index (Phi) is 7.46. The Hall–Kier alpha value is -5.01. The van der Waals surface area contributed by atoms with Crippen molar-refractivity contribution in [1.29, 1.82) is 0 Å². The molecule has 2 aliphatic heterocycles. The summed E-state index contributed by atoms with van der Waals surface area (Å²) in [6.45, 7) is 4.78. The molecule has 2 aliphatic rings. The van der Waals surface area contributed by atoms with Crippen molar-refractivity contribution in [1.82, 2.24) is 28.4 Å². The minimum atomic E-state index is 0.0581. The maximum atomic E-state index is 14.1. The Labute approximate surface area is 286 Å². The summed E-state index contributed by atoms with van der Waals surface area (Å²) in [6, 6.07) is 37.1. The first-order chi connectivity index (χ1) is 24.0. The quantitative estimate of drug-likeness (QED) is 0.194. The van der Waals surface area contributed by atoms with Gasteiger partial charge in [0.25, 0.3) is 5.56 Å². The van der Waals surface area contributed by atoms with Crippen LogP contribution in [0, 0.1) is 12.8 Å². The molecule has 246 valence electrons. The molecule has 5 heterocycles. The van der Waals surface area contributed by atoms with E-state index in [-0.39, 0.29) is 11.5 Å². The number of hydrogen-bond donors (Lipinski definition) is 0. The van der Waals surface area contributed by atoms with Gasteiger partial charge in [0.2, 0.25) is 5.78 Å².